The van der Waals surface area contributed by atoms with E-state index < -0.39 is 0 Å². The van der Waals surface area contributed by atoms with Crippen LogP contribution in [0.3, 0.4) is 0 Å². The highest BCUT2D eigenvalue weighted by Gasteiger charge is 2.23. The van der Waals surface area contributed by atoms with Gasteiger partial charge in [0.15, 0.2) is 0 Å². The molecule has 0 radical (unpaired) electrons. The average Bonchev–Trinajstić information content (AvgIpc) is 2.90. The molecule has 6 nitrogen and oxygen atoms in total. The Morgan fingerprint density at radius 1 is 1.15 bits per heavy atom. The maximum absolute atomic E-state index is 12.5. The Hall–Kier alpha value is -2.76. The Morgan fingerprint density at radius 2 is 1.93 bits per heavy atom. The lowest BCUT2D eigenvalue weighted by Gasteiger charge is -2.32. The number of fused-ring (bicyclic) bond motifs is 2. The van der Waals surface area contributed by atoms with Crippen LogP contribution in [0.2, 0.25) is 0 Å². The van der Waals surface area contributed by atoms with Crippen molar-refractivity contribution in [3.63, 3.8) is 0 Å². The van der Waals surface area contributed by atoms with Gasteiger partial charge in [-0.2, -0.15) is 0 Å². The van der Waals surface area contributed by atoms with Crippen LogP contribution < -0.4 is 15.3 Å². The zero-order valence-corrected chi connectivity index (χ0v) is 16.6. The van der Waals surface area contributed by atoms with Gasteiger partial charge in [-0.05, 0) is 42.0 Å². The standard InChI is InChI=1S/C21H26N4O2/c1-13(2)16-9-15(10-18-20(16)24(4)21(26)23(18)3)25-8-6-7-14-12-22-19(27-5)11-17(14)25/h9-13H,6-8H2,1-5H3. The minimum atomic E-state index is 0.00830. The van der Waals surface area contributed by atoms with Crippen LogP contribution in [-0.2, 0) is 20.5 Å². The molecular formula is C21H26N4O2. The van der Waals surface area contributed by atoms with Crippen LogP contribution in [0.5, 0.6) is 5.88 Å². The number of benzene rings is 1. The first-order chi connectivity index (χ1) is 12.9. The Labute approximate surface area is 159 Å². The molecule has 0 fully saturated rings. The number of anilines is 2. The summed E-state index contributed by atoms with van der Waals surface area (Å²) < 4.78 is 8.84. The second kappa shape index (κ2) is 6.44. The molecule has 0 aliphatic carbocycles. The lowest BCUT2D eigenvalue weighted by atomic mass is 9.98. The first-order valence-corrected chi connectivity index (χ1v) is 9.42. The van der Waals surface area contributed by atoms with Gasteiger partial charge >= 0.3 is 5.69 Å². The molecule has 0 atom stereocenters. The van der Waals surface area contributed by atoms with Crippen LogP contribution in [-0.4, -0.2) is 27.8 Å². The molecule has 2 aromatic heterocycles. The van der Waals surface area contributed by atoms with Gasteiger partial charge in [0.25, 0.3) is 0 Å². The number of pyridine rings is 1. The van der Waals surface area contributed by atoms with E-state index in [9.17, 15) is 4.79 Å². The molecule has 0 saturated heterocycles. The Bertz CT molecular complexity index is 1080. The van der Waals surface area contributed by atoms with E-state index in [4.69, 9.17) is 4.74 Å². The van der Waals surface area contributed by atoms with E-state index in [1.54, 1.807) is 16.2 Å². The van der Waals surface area contributed by atoms with E-state index in [-0.39, 0.29) is 5.69 Å². The van der Waals surface area contributed by atoms with Crippen molar-refractivity contribution >= 4 is 22.4 Å². The van der Waals surface area contributed by atoms with Crippen molar-refractivity contribution in [1.82, 2.24) is 14.1 Å². The van der Waals surface area contributed by atoms with Crippen LogP contribution in [0.15, 0.2) is 29.2 Å². The van der Waals surface area contributed by atoms with Crippen LogP contribution in [0, 0.1) is 0 Å². The van der Waals surface area contributed by atoms with Gasteiger partial charge in [0.2, 0.25) is 5.88 Å². The maximum Gasteiger partial charge on any atom is 0.328 e. The predicted octanol–water partition coefficient (Wildman–Crippen LogP) is 3.49. The number of ether oxygens (including phenoxy) is 1. The SMILES string of the molecule is COc1cc2c(cn1)CCCN2c1cc(C(C)C)c2c(c1)n(C)c(=O)n2C. The third-order valence-corrected chi connectivity index (χ3v) is 5.57. The van der Waals surface area contributed by atoms with Crippen molar-refractivity contribution in [2.75, 3.05) is 18.6 Å². The molecule has 1 aromatic carbocycles. The van der Waals surface area contributed by atoms with Crippen LogP contribution in [0.25, 0.3) is 11.0 Å². The van der Waals surface area contributed by atoms with Crippen molar-refractivity contribution in [2.45, 2.75) is 32.6 Å². The first-order valence-electron chi connectivity index (χ1n) is 9.42. The summed E-state index contributed by atoms with van der Waals surface area (Å²) in [4.78, 5) is 19.2. The summed E-state index contributed by atoms with van der Waals surface area (Å²) in [6.45, 7) is 5.28. The molecule has 0 spiro atoms. The van der Waals surface area contributed by atoms with E-state index in [1.165, 1.54) is 11.1 Å². The van der Waals surface area contributed by atoms with E-state index >= 15 is 0 Å². The van der Waals surface area contributed by atoms with Gasteiger partial charge in [-0.25, -0.2) is 9.78 Å². The van der Waals surface area contributed by atoms with Gasteiger partial charge in [-0.3, -0.25) is 9.13 Å². The van der Waals surface area contributed by atoms with Crippen molar-refractivity contribution in [3.05, 3.63) is 46.0 Å². The van der Waals surface area contributed by atoms with Crippen LogP contribution in [0.1, 0.15) is 37.3 Å². The number of aryl methyl sites for hydroxylation is 3. The van der Waals surface area contributed by atoms with Gasteiger partial charge in [-0.1, -0.05) is 13.8 Å². The van der Waals surface area contributed by atoms with Gasteiger partial charge < -0.3 is 9.64 Å². The number of imidazole rings is 1. The molecule has 0 saturated carbocycles. The molecule has 0 amide bonds. The smallest absolute Gasteiger partial charge is 0.328 e. The summed E-state index contributed by atoms with van der Waals surface area (Å²) in [5.41, 5.74) is 6.67. The molecule has 6 heteroatoms. The summed E-state index contributed by atoms with van der Waals surface area (Å²) >= 11 is 0. The molecule has 1 aliphatic heterocycles. The van der Waals surface area contributed by atoms with Gasteiger partial charge in [0, 0.05) is 38.6 Å². The number of hydrogen-bond acceptors (Lipinski definition) is 4. The van der Waals surface area contributed by atoms with Crippen molar-refractivity contribution in [2.24, 2.45) is 14.1 Å². The highest BCUT2D eigenvalue weighted by atomic mass is 16.5. The van der Waals surface area contributed by atoms with E-state index in [0.29, 0.717) is 11.8 Å². The second-order valence-electron chi connectivity index (χ2n) is 7.57. The minimum absolute atomic E-state index is 0.00830. The highest BCUT2D eigenvalue weighted by molar-refractivity contribution is 5.86. The molecule has 4 rings (SSSR count). The van der Waals surface area contributed by atoms with Crippen molar-refractivity contribution < 1.29 is 4.74 Å². The molecule has 3 heterocycles. The summed E-state index contributed by atoms with van der Waals surface area (Å²) in [5.74, 6) is 0.939. The molecular weight excluding hydrogens is 340 g/mol. The minimum Gasteiger partial charge on any atom is -0.481 e. The summed E-state index contributed by atoms with van der Waals surface area (Å²) in [6.07, 6.45) is 4.01. The number of nitrogens with zero attached hydrogens (tertiary/aromatic N) is 4. The van der Waals surface area contributed by atoms with Crippen molar-refractivity contribution in [3.8, 4) is 5.88 Å². The summed E-state index contributed by atoms with van der Waals surface area (Å²) in [7, 11) is 5.34. The third kappa shape index (κ3) is 2.71. The van der Waals surface area contributed by atoms with Gasteiger partial charge in [0.05, 0.1) is 23.8 Å². The molecule has 0 bridgehead atoms. The number of hydrogen-bond donors (Lipinski definition) is 0. The van der Waals surface area contributed by atoms with E-state index in [1.807, 2.05) is 26.4 Å². The molecule has 0 N–H and O–H groups in total. The Kier molecular flexibility index (Phi) is 4.21. The summed E-state index contributed by atoms with van der Waals surface area (Å²) in [5, 5.41) is 0. The topological polar surface area (TPSA) is 52.3 Å². The fraction of sp³-hybridized carbons (Fsp3) is 0.429. The second-order valence-corrected chi connectivity index (χ2v) is 7.57. The Balaban J connectivity index is 1.96. The lowest BCUT2D eigenvalue weighted by Crippen LogP contribution is -2.25. The number of methoxy groups -OCH3 is 1. The molecule has 142 valence electrons. The fourth-order valence-corrected chi connectivity index (χ4v) is 4.09. The molecule has 0 unspecified atom stereocenters. The average molecular weight is 366 g/mol. The van der Waals surface area contributed by atoms with Gasteiger partial charge in [0.1, 0.15) is 0 Å². The molecule has 27 heavy (non-hydrogen) atoms. The molecule has 1 aliphatic rings. The predicted molar refractivity (Wildman–Crippen MR) is 108 cm³/mol. The van der Waals surface area contributed by atoms with Crippen LogP contribution >= 0.6 is 0 Å². The van der Waals surface area contributed by atoms with Crippen LogP contribution in [0.4, 0.5) is 11.4 Å². The Morgan fingerprint density at radius 3 is 2.63 bits per heavy atom. The highest BCUT2D eigenvalue weighted by Crippen LogP contribution is 2.38. The van der Waals surface area contributed by atoms with E-state index in [0.717, 1.165) is 41.8 Å². The normalized spacial score (nSPS) is 14.1. The number of aromatic nitrogens is 3. The zero-order chi connectivity index (χ0) is 19.3. The van der Waals surface area contributed by atoms with Gasteiger partial charge in [-0.15, -0.1) is 0 Å². The first kappa shape index (κ1) is 17.6. The van der Waals surface area contributed by atoms with E-state index in [2.05, 4.69) is 35.9 Å². The van der Waals surface area contributed by atoms with Crippen molar-refractivity contribution in [1.29, 1.82) is 0 Å². The summed E-state index contributed by atoms with van der Waals surface area (Å²) in [6, 6.07) is 6.37. The number of rotatable bonds is 3. The monoisotopic (exact) mass is 366 g/mol. The quantitative estimate of drug-likeness (QED) is 0.712. The fourth-order valence-electron chi connectivity index (χ4n) is 4.09. The lowest BCUT2D eigenvalue weighted by molar-refractivity contribution is 0.397. The molecule has 3 aromatic rings. The third-order valence-electron chi connectivity index (χ3n) is 5.57. The zero-order valence-electron chi connectivity index (χ0n) is 16.6. The largest absolute Gasteiger partial charge is 0.481 e. The maximum atomic E-state index is 12.5.